The number of benzene rings is 2. The minimum absolute atomic E-state index is 0.0320. The van der Waals surface area contributed by atoms with Gasteiger partial charge in [-0.15, -0.1) is 10.2 Å². The molecule has 0 bridgehead atoms. The second kappa shape index (κ2) is 6.92. The van der Waals surface area contributed by atoms with Crippen molar-refractivity contribution in [2.75, 3.05) is 5.75 Å². The van der Waals surface area contributed by atoms with Crippen molar-refractivity contribution >= 4 is 17.5 Å². The van der Waals surface area contributed by atoms with Gasteiger partial charge in [-0.25, -0.2) is 8.78 Å². The maximum absolute atomic E-state index is 14.3. The molecule has 0 fully saturated rings. The number of thioether (sulfide) groups is 1. The van der Waals surface area contributed by atoms with Crippen LogP contribution in [0.1, 0.15) is 6.92 Å². The maximum atomic E-state index is 14.3. The molecule has 4 nitrogen and oxygen atoms in total. The standard InChI is InChI=1S/C17H13F2N3OS/c1-11(23)10-24-17-21-20-16(12-5-3-2-4-6-12)22(17)15-8-7-13(18)9-14(15)19/h2-9H,10H2,1H3. The Balaban J connectivity index is 2.15. The van der Waals surface area contributed by atoms with Crippen LogP contribution in [0.5, 0.6) is 0 Å². The van der Waals surface area contributed by atoms with Crippen molar-refractivity contribution in [2.45, 2.75) is 12.1 Å². The van der Waals surface area contributed by atoms with Gasteiger partial charge in [0.1, 0.15) is 17.4 Å². The van der Waals surface area contributed by atoms with Gasteiger partial charge >= 0.3 is 0 Å². The van der Waals surface area contributed by atoms with Crippen molar-refractivity contribution in [1.82, 2.24) is 14.8 Å². The van der Waals surface area contributed by atoms with E-state index in [9.17, 15) is 13.6 Å². The monoisotopic (exact) mass is 345 g/mol. The summed E-state index contributed by atoms with van der Waals surface area (Å²) in [4.78, 5) is 11.3. The number of carbonyl (C=O) groups is 1. The van der Waals surface area contributed by atoms with Crippen molar-refractivity contribution in [3.05, 3.63) is 60.2 Å². The lowest BCUT2D eigenvalue weighted by Gasteiger charge is -2.11. The Morgan fingerprint density at radius 2 is 1.88 bits per heavy atom. The summed E-state index contributed by atoms with van der Waals surface area (Å²) in [6, 6.07) is 12.5. The Morgan fingerprint density at radius 1 is 1.12 bits per heavy atom. The van der Waals surface area contributed by atoms with Gasteiger partial charge in [0, 0.05) is 11.6 Å². The highest BCUT2D eigenvalue weighted by Gasteiger charge is 2.19. The summed E-state index contributed by atoms with van der Waals surface area (Å²) < 4.78 is 29.0. The van der Waals surface area contributed by atoms with E-state index in [0.717, 1.165) is 23.4 Å². The van der Waals surface area contributed by atoms with Crippen molar-refractivity contribution in [2.24, 2.45) is 0 Å². The highest BCUT2D eigenvalue weighted by atomic mass is 32.2. The summed E-state index contributed by atoms with van der Waals surface area (Å²) in [5, 5.41) is 8.56. The lowest BCUT2D eigenvalue weighted by atomic mass is 10.2. The zero-order valence-electron chi connectivity index (χ0n) is 12.7. The van der Waals surface area contributed by atoms with E-state index in [1.807, 2.05) is 30.3 Å². The molecule has 7 heteroatoms. The highest BCUT2D eigenvalue weighted by Crippen LogP contribution is 2.29. The number of ketones is 1. The summed E-state index contributed by atoms with van der Waals surface area (Å²) in [5.41, 5.74) is 0.870. The van der Waals surface area contributed by atoms with Gasteiger partial charge in [0.25, 0.3) is 0 Å². The second-order valence-electron chi connectivity index (χ2n) is 5.09. The van der Waals surface area contributed by atoms with Crippen LogP contribution < -0.4 is 0 Å². The highest BCUT2D eigenvalue weighted by molar-refractivity contribution is 7.99. The van der Waals surface area contributed by atoms with Crippen molar-refractivity contribution < 1.29 is 13.6 Å². The molecule has 0 aliphatic carbocycles. The number of Topliss-reactive ketones (excluding diaryl/α,β-unsaturated/α-hetero) is 1. The summed E-state index contributed by atoms with van der Waals surface area (Å²) in [6.45, 7) is 1.46. The molecule has 0 N–H and O–H groups in total. The molecule has 1 aromatic heterocycles. The van der Waals surface area contributed by atoms with Gasteiger partial charge in [-0.3, -0.25) is 9.36 Å². The van der Waals surface area contributed by atoms with Gasteiger partial charge in [-0.05, 0) is 19.1 Å². The number of aromatic nitrogens is 3. The molecule has 24 heavy (non-hydrogen) atoms. The van der Waals surface area contributed by atoms with Gasteiger partial charge < -0.3 is 0 Å². The molecule has 1 heterocycles. The topological polar surface area (TPSA) is 47.8 Å². The van der Waals surface area contributed by atoms with Crippen LogP contribution in [0, 0.1) is 11.6 Å². The third kappa shape index (κ3) is 3.35. The lowest BCUT2D eigenvalue weighted by Crippen LogP contribution is -2.04. The number of carbonyl (C=O) groups excluding carboxylic acids is 1. The van der Waals surface area contributed by atoms with Crippen LogP contribution in [0.4, 0.5) is 8.78 Å². The van der Waals surface area contributed by atoms with E-state index in [-0.39, 0.29) is 17.2 Å². The van der Waals surface area contributed by atoms with Crippen LogP contribution in [-0.2, 0) is 4.79 Å². The first-order valence-electron chi connectivity index (χ1n) is 7.15. The van der Waals surface area contributed by atoms with Crippen molar-refractivity contribution in [3.8, 4) is 17.1 Å². The number of rotatable bonds is 5. The van der Waals surface area contributed by atoms with Crippen molar-refractivity contribution in [3.63, 3.8) is 0 Å². The fourth-order valence-electron chi connectivity index (χ4n) is 2.18. The van der Waals surface area contributed by atoms with Gasteiger partial charge in [0.05, 0.1) is 11.4 Å². The van der Waals surface area contributed by atoms with E-state index >= 15 is 0 Å². The molecule has 0 aliphatic heterocycles. The average Bonchev–Trinajstić information content (AvgIpc) is 2.97. The zero-order valence-corrected chi connectivity index (χ0v) is 13.6. The SMILES string of the molecule is CC(=O)CSc1nnc(-c2ccccc2)n1-c1ccc(F)cc1F. The Morgan fingerprint density at radius 3 is 2.54 bits per heavy atom. The first kappa shape index (κ1) is 16.3. The predicted octanol–water partition coefficient (Wildman–Crippen LogP) is 3.89. The van der Waals surface area contributed by atoms with E-state index in [4.69, 9.17) is 0 Å². The molecular weight excluding hydrogens is 332 g/mol. The Bertz CT molecular complexity index is 881. The molecule has 0 spiro atoms. The Labute approximate surface area is 141 Å². The second-order valence-corrected chi connectivity index (χ2v) is 6.04. The third-order valence-electron chi connectivity index (χ3n) is 3.22. The summed E-state index contributed by atoms with van der Waals surface area (Å²) in [6.07, 6.45) is 0. The van der Waals surface area contributed by atoms with E-state index in [2.05, 4.69) is 10.2 Å². The Kier molecular flexibility index (Phi) is 4.71. The molecule has 0 atom stereocenters. The van der Waals surface area contributed by atoms with E-state index < -0.39 is 11.6 Å². The fourth-order valence-corrected chi connectivity index (χ4v) is 2.93. The van der Waals surface area contributed by atoms with Crippen molar-refractivity contribution in [1.29, 1.82) is 0 Å². The first-order valence-corrected chi connectivity index (χ1v) is 8.13. The number of hydrogen-bond acceptors (Lipinski definition) is 4. The molecule has 0 saturated carbocycles. The third-order valence-corrected chi connectivity index (χ3v) is 4.29. The van der Waals surface area contributed by atoms with Gasteiger partial charge in [0.15, 0.2) is 11.0 Å². The predicted molar refractivity (Wildman–Crippen MR) is 88.1 cm³/mol. The van der Waals surface area contributed by atoms with Crippen LogP contribution >= 0.6 is 11.8 Å². The minimum atomic E-state index is -0.725. The van der Waals surface area contributed by atoms with Crippen LogP contribution in [0.25, 0.3) is 17.1 Å². The largest absolute Gasteiger partial charge is 0.299 e. The molecule has 2 aromatic carbocycles. The average molecular weight is 345 g/mol. The van der Waals surface area contributed by atoms with E-state index in [1.165, 1.54) is 23.6 Å². The lowest BCUT2D eigenvalue weighted by molar-refractivity contribution is -0.114. The summed E-state index contributed by atoms with van der Waals surface area (Å²) in [7, 11) is 0. The summed E-state index contributed by atoms with van der Waals surface area (Å²) >= 11 is 1.16. The first-order chi connectivity index (χ1) is 11.6. The molecule has 3 rings (SSSR count). The zero-order chi connectivity index (χ0) is 17.1. The quantitative estimate of drug-likeness (QED) is 0.658. The molecule has 0 aliphatic rings. The van der Waals surface area contributed by atoms with Crippen LogP contribution in [0.3, 0.4) is 0 Å². The maximum Gasteiger partial charge on any atom is 0.196 e. The van der Waals surface area contributed by atoms with Gasteiger partial charge in [0.2, 0.25) is 0 Å². The van der Waals surface area contributed by atoms with E-state index in [1.54, 1.807) is 0 Å². The minimum Gasteiger partial charge on any atom is -0.299 e. The normalized spacial score (nSPS) is 10.8. The summed E-state index contributed by atoms with van der Waals surface area (Å²) in [5.74, 6) is -0.807. The Hall–Kier alpha value is -2.54. The van der Waals surface area contributed by atoms with Gasteiger partial charge in [-0.1, -0.05) is 42.1 Å². The number of hydrogen-bond donors (Lipinski definition) is 0. The number of nitrogens with zero attached hydrogens (tertiary/aromatic N) is 3. The molecule has 0 unspecified atom stereocenters. The molecule has 0 radical (unpaired) electrons. The van der Waals surface area contributed by atoms with Crippen LogP contribution in [0.15, 0.2) is 53.7 Å². The van der Waals surface area contributed by atoms with Crippen LogP contribution in [-0.4, -0.2) is 26.3 Å². The molecule has 3 aromatic rings. The van der Waals surface area contributed by atoms with Crippen LogP contribution in [0.2, 0.25) is 0 Å². The fraction of sp³-hybridized carbons (Fsp3) is 0.118. The molecule has 0 amide bonds. The number of halogens is 2. The molecule has 0 saturated heterocycles. The molecule has 122 valence electrons. The smallest absolute Gasteiger partial charge is 0.196 e. The van der Waals surface area contributed by atoms with E-state index in [0.29, 0.717) is 11.0 Å². The molecular formula is C17H13F2N3OS. The van der Waals surface area contributed by atoms with Gasteiger partial charge in [-0.2, -0.15) is 0 Å².